The zero-order valence-corrected chi connectivity index (χ0v) is 32.6. The van der Waals surface area contributed by atoms with E-state index in [1.807, 2.05) is 0 Å². The average Bonchev–Trinajstić information content (AvgIpc) is 3.89. The maximum atomic E-state index is 5.42. The first kappa shape index (κ1) is 33.5. The lowest BCUT2D eigenvalue weighted by molar-refractivity contribution is 0.660. The second-order valence-electron chi connectivity index (χ2n) is 16.1. The van der Waals surface area contributed by atoms with Crippen molar-refractivity contribution in [1.29, 1.82) is 0 Å². The zero-order valence-electron chi connectivity index (χ0n) is 32.6. The average molecular weight is 756 g/mol. The molecule has 0 saturated heterocycles. The van der Waals surface area contributed by atoms with Crippen LogP contribution in [-0.2, 0) is 5.41 Å². The van der Waals surface area contributed by atoms with Crippen LogP contribution in [-0.4, -0.2) is 24.1 Å². The third-order valence-corrected chi connectivity index (χ3v) is 12.4. The summed E-state index contributed by atoms with van der Waals surface area (Å²) in [6.07, 6.45) is 0. The van der Waals surface area contributed by atoms with E-state index >= 15 is 0 Å². The molecule has 59 heavy (non-hydrogen) atoms. The standard InChI is InChI=1S/C54H37N5/c1-54(2)44-25-10-6-23-43(44)50-38(24-15-26-45(50)54)36-18-14-19-37(32-36)51-55-52(58-46-27-11-7-20-39(46)40-21-8-12-28-47(40)58)57-53(56-51)59-48-29-13-9-22-41(48)42-31-30-35(33-49(42)59)34-16-4-3-5-17-34/h3-33H,1-2H3. The third kappa shape index (κ3) is 5.01. The molecule has 0 atom stereocenters. The van der Waals surface area contributed by atoms with Crippen molar-refractivity contribution in [3.05, 3.63) is 199 Å². The van der Waals surface area contributed by atoms with Gasteiger partial charge in [-0.2, -0.15) is 15.0 Å². The Hall–Kier alpha value is -7.63. The van der Waals surface area contributed by atoms with Crippen molar-refractivity contribution in [3.63, 3.8) is 0 Å². The summed E-state index contributed by atoms with van der Waals surface area (Å²) in [5, 5.41) is 4.59. The molecule has 0 fully saturated rings. The lowest BCUT2D eigenvalue weighted by Gasteiger charge is -2.21. The molecule has 5 heteroatoms. The van der Waals surface area contributed by atoms with Gasteiger partial charge in [0.15, 0.2) is 5.82 Å². The number of fused-ring (bicyclic) bond motifs is 9. The van der Waals surface area contributed by atoms with Crippen LogP contribution in [0.3, 0.4) is 0 Å². The summed E-state index contributed by atoms with van der Waals surface area (Å²) in [6.45, 7) is 4.66. The van der Waals surface area contributed by atoms with Crippen LogP contribution in [0.2, 0.25) is 0 Å². The zero-order chi connectivity index (χ0) is 39.2. The molecule has 0 saturated carbocycles. The Kier molecular flexibility index (Phi) is 7.20. The molecule has 3 heterocycles. The topological polar surface area (TPSA) is 48.5 Å². The van der Waals surface area contributed by atoms with Gasteiger partial charge in [-0.1, -0.05) is 172 Å². The predicted molar refractivity (Wildman–Crippen MR) is 242 cm³/mol. The molecule has 0 bridgehead atoms. The van der Waals surface area contributed by atoms with Crippen molar-refractivity contribution in [1.82, 2.24) is 24.1 Å². The van der Waals surface area contributed by atoms with Crippen molar-refractivity contribution >= 4 is 43.6 Å². The number of hydrogen-bond donors (Lipinski definition) is 0. The molecular formula is C54H37N5. The van der Waals surface area contributed by atoms with Crippen molar-refractivity contribution in [2.24, 2.45) is 0 Å². The number of aromatic nitrogens is 5. The Morgan fingerprint density at radius 1 is 0.356 bits per heavy atom. The van der Waals surface area contributed by atoms with Crippen LogP contribution in [0.5, 0.6) is 0 Å². The Morgan fingerprint density at radius 2 is 0.864 bits per heavy atom. The van der Waals surface area contributed by atoms with Gasteiger partial charge in [-0.05, 0) is 74.8 Å². The van der Waals surface area contributed by atoms with E-state index in [9.17, 15) is 0 Å². The Balaban J connectivity index is 1.13. The van der Waals surface area contributed by atoms with E-state index in [0.29, 0.717) is 17.7 Å². The van der Waals surface area contributed by atoms with Crippen molar-refractivity contribution in [2.45, 2.75) is 19.3 Å². The normalized spacial score (nSPS) is 13.1. The van der Waals surface area contributed by atoms with Gasteiger partial charge < -0.3 is 0 Å². The molecule has 11 aromatic rings. The van der Waals surface area contributed by atoms with Crippen LogP contribution in [0.25, 0.3) is 100 Å². The molecule has 12 rings (SSSR count). The van der Waals surface area contributed by atoms with E-state index < -0.39 is 0 Å². The lowest BCUT2D eigenvalue weighted by atomic mass is 9.82. The molecule has 3 aromatic heterocycles. The molecule has 0 spiro atoms. The lowest BCUT2D eigenvalue weighted by Crippen LogP contribution is -2.14. The van der Waals surface area contributed by atoms with Crippen LogP contribution in [0, 0.1) is 0 Å². The Morgan fingerprint density at radius 3 is 1.56 bits per heavy atom. The largest absolute Gasteiger partial charge is 0.278 e. The first-order valence-corrected chi connectivity index (χ1v) is 20.2. The van der Waals surface area contributed by atoms with Crippen molar-refractivity contribution in [2.75, 3.05) is 0 Å². The van der Waals surface area contributed by atoms with Gasteiger partial charge in [0.25, 0.3) is 0 Å². The van der Waals surface area contributed by atoms with Crippen LogP contribution in [0.15, 0.2) is 188 Å². The molecule has 0 N–H and O–H groups in total. The minimum absolute atomic E-state index is 0.0947. The highest BCUT2D eigenvalue weighted by Gasteiger charge is 2.36. The molecule has 5 nitrogen and oxygen atoms in total. The molecule has 0 aliphatic heterocycles. The Labute approximate surface area is 341 Å². The van der Waals surface area contributed by atoms with Crippen LogP contribution < -0.4 is 0 Å². The highest BCUT2D eigenvalue weighted by Crippen LogP contribution is 2.52. The number of hydrogen-bond acceptors (Lipinski definition) is 3. The van der Waals surface area contributed by atoms with E-state index in [-0.39, 0.29) is 5.41 Å². The van der Waals surface area contributed by atoms with E-state index in [1.54, 1.807) is 0 Å². The highest BCUT2D eigenvalue weighted by molar-refractivity contribution is 6.11. The quantitative estimate of drug-likeness (QED) is 0.176. The second kappa shape index (κ2) is 12.7. The molecule has 8 aromatic carbocycles. The monoisotopic (exact) mass is 755 g/mol. The Bertz CT molecular complexity index is 3430. The summed E-state index contributed by atoms with van der Waals surface area (Å²) < 4.78 is 4.40. The number of rotatable bonds is 5. The van der Waals surface area contributed by atoms with Gasteiger partial charge >= 0.3 is 0 Å². The second-order valence-corrected chi connectivity index (χ2v) is 16.1. The first-order valence-electron chi connectivity index (χ1n) is 20.2. The van der Waals surface area contributed by atoms with Gasteiger partial charge in [-0.15, -0.1) is 0 Å². The minimum Gasteiger partial charge on any atom is -0.278 e. The minimum atomic E-state index is -0.0947. The summed E-state index contributed by atoms with van der Waals surface area (Å²) in [5.41, 5.74) is 14.9. The summed E-state index contributed by atoms with van der Waals surface area (Å²) in [6, 6.07) is 67.1. The number of benzene rings is 8. The summed E-state index contributed by atoms with van der Waals surface area (Å²) in [4.78, 5) is 16.2. The predicted octanol–water partition coefficient (Wildman–Crippen LogP) is 13.4. The van der Waals surface area contributed by atoms with Gasteiger partial charge in [-0.3, -0.25) is 9.13 Å². The number of nitrogens with zero attached hydrogens (tertiary/aromatic N) is 5. The van der Waals surface area contributed by atoms with E-state index in [4.69, 9.17) is 15.0 Å². The van der Waals surface area contributed by atoms with Gasteiger partial charge in [0.05, 0.1) is 22.1 Å². The maximum absolute atomic E-state index is 5.42. The fraction of sp³-hybridized carbons (Fsp3) is 0.0556. The smallest absolute Gasteiger partial charge is 0.240 e. The van der Waals surface area contributed by atoms with E-state index in [1.165, 1.54) is 27.8 Å². The van der Waals surface area contributed by atoms with Crippen LogP contribution in [0.4, 0.5) is 0 Å². The molecular weight excluding hydrogens is 719 g/mol. The molecule has 278 valence electrons. The fourth-order valence-corrected chi connectivity index (χ4v) is 9.64. The van der Waals surface area contributed by atoms with Gasteiger partial charge in [-0.25, -0.2) is 0 Å². The highest BCUT2D eigenvalue weighted by atomic mass is 15.3. The summed E-state index contributed by atoms with van der Waals surface area (Å²) in [5.74, 6) is 1.73. The van der Waals surface area contributed by atoms with E-state index in [2.05, 4.69) is 211 Å². The summed E-state index contributed by atoms with van der Waals surface area (Å²) in [7, 11) is 0. The molecule has 1 aliphatic rings. The number of para-hydroxylation sites is 3. The molecule has 0 amide bonds. The first-order chi connectivity index (χ1) is 29.0. The van der Waals surface area contributed by atoms with Crippen LogP contribution >= 0.6 is 0 Å². The maximum Gasteiger partial charge on any atom is 0.240 e. The third-order valence-electron chi connectivity index (χ3n) is 12.4. The molecule has 0 unspecified atom stereocenters. The van der Waals surface area contributed by atoms with E-state index in [0.717, 1.165) is 65.9 Å². The van der Waals surface area contributed by atoms with Crippen molar-refractivity contribution in [3.8, 4) is 56.7 Å². The SMILES string of the molecule is CC1(C)c2ccccc2-c2c(-c3cccc(-c4nc(-n5c6ccccc6c6ccccc65)nc(-n5c6ccccc6c6ccc(-c7ccccc7)cc65)n4)c3)cccc21. The van der Waals surface area contributed by atoms with Gasteiger partial charge in [0.1, 0.15) is 0 Å². The van der Waals surface area contributed by atoms with Crippen molar-refractivity contribution < 1.29 is 0 Å². The fourth-order valence-electron chi connectivity index (χ4n) is 9.64. The summed E-state index contributed by atoms with van der Waals surface area (Å²) >= 11 is 0. The molecule has 1 aliphatic carbocycles. The van der Waals surface area contributed by atoms with Crippen LogP contribution in [0.1, 0.15) is 25.0 Å². The van der Waals surface area contributed by atoms with Gasteiger partial charge in [0.2, 0.25) is 11.9 Å². The molecule has 0 radical (unpaired) electrons. The van der Waals surface area contributed by atoms with Gasteiger partial charge in [0, 0.05) is 32.5 Å².